The molecule has 5 nitrogen and oxygen atoms in total. The van der Waals surface area contributed by atoms with E-state index in [1.54, 1.807) is 7.05 Å². The molecule has 17 heavy (non-hydrogen) atoms. The first-order valence-corrected chi connectivity index (χ1v) is 6.20. The molecule has 1 saturated heterocycles. The smallest absolute Gasteiger partial charge is 0.237 e. The molecule has 1 unspecified atom stereocenters. The minimum absolute atomic E-state index is 0.00155. The van der Waals surface area contributed by atoms with Gasteiger partial charge in [-0.2, -0.15) is 0 Å². The van der Waals surface area contributed by atoms with Crippen molar-refractivity contribution in [2.45, 2.75) is 39.2 Å². The van der Waals surface area contributed by atoms with Gasteiger partial charge >= 0.3 is 0 Å². The Bertz CT molecular complexity index is 283. The standard InChI is InChI=1S/C12H23N3O2/c1-12(2,11(17)13-3)8-15-10(16)9-6-4-5-7-14-9/h9,14H,4-8H2,1-3H3,(H,13,17)(H,15,16). The summed E-state index contributed by atoms with van der Waals surface area (Å²) in [4.78, 5) is 23.4. The number of nitrogens with one attached hydrogen (secondary N) is 3. The Morgan fingerprint density at radius 2 is 2.06 bits per heavy atom. The molecule has 1 aliphatic heterocycles. The van der Waals surface area contributed by atoms with E-state index in [-0.39, 0.29) is 17.9 Å². The van der Waals surface area contributed by atoms with Crippen LogP contribution in [0.1, 0.15) is 33.1 Å². The van der Waals surface area contributed by atoms with Crippen LogP contribution in [0.5, 0.6) is 0 Å². The summed E-state index contributed by atoms with van der Waals surface area (Å²) in [6, 6.07) is -0.0933. The zero-order valence-corrected chi connectivity index (χ0v) is 10.9. The molecule has 1 aliphatic rings. The third-order valence-corrected chi connectivity index (χ3v) is 3.17. The zero-order chi connectivity index (χ0) is 12.9. The van der Waals surface area contributed by atoms with Gasteiger partial charge in [-0.25, -0.2) is 0 Å². The van der Waals surface area contributed by atoms with Crippen molar-refractivity contribution in [1.29, 1.82) is 0 Å². The van der Waals surface area contributed by atoms with Crippen LogP contribution in [-0.2, 0) is 9.59 Å². The van der Waals surface area contributed by atoms with Gasteiger partial charge in [0.25, 0.3) is 0 Å². The van der Waals surface area contributed by atoms with Crippen molar-refractivity contribution in [3.63, 3.8) is 0 Å². The number of carbonyl (C=O) groups excluding carboxylic acids is 2. The summed E-state index contributed by atoms with van der Waals surface area (Å²) in [5.74, 6) is -0.0592. The highest BCUT2D eigenvalue weighted by Gasteiger charge is 2.28. The van der Waals surface area contributed by atoms with Crippen LogP contribution in [0.15, 0.2) is 0 Å². The van der Waals surface area contributed by atoms with Crippen LogP contribution in [-0.4, -0.2) is 38.0 Å². The summed E-state index contributed by atoms with van der Waals surface area (Å²) in [6.07, 6.45) is 3.10. The van der Waals surface area contributed by atoms with E-state index in [4.69, 9.17) is 0 Å². The predicted octanol–water partition coefficient (Wildman–Crippen LogP) is 0.0169. The van der Waals surface area contributed by atoms with Crippen molar-refractivity contribution in [3.05, 3.63) is 0 Å². The molecule has 0 aromatic heterocycles. The number of rotatable bonds is 4. The monoisotopic (exact) mass is 241 g/mol. The number of carbonyl (C=O) groups is 2. The van der Waals surface area contributed by atoms with Crippen molar-refractivity contribution in [1.82, 2.24) is 16.0 Å². The van der Waals surface area contributed by atoms with Crippen molar-refractivity contribution in [2.75, 3.05) is 20.1 Å². The van der Waals surface area contributed by atoms with Crippen LogP contribution >= 0.6 is 0 Å². The Labute approximate surface area is 103 Å². The fourth-order valence-electron chi connectivity index (χ4n) is 1.93. The Morgan fingerprint density at radius 3 is 2.59 bits per heavy atom. The molecule has 1 atom stereocenters. The van der Waals surface area contributed by atoms with Crippen LogP contribution in [0, 0.1) is 5.41 Å². The lowest BCUT2D eigenvalue weighted by Crippen LogP contribution is -2.50. The minimum atomic E-state index is -0.570. The van der Waals surface area contributed by atoms with E-state index >= 15 is 0 Å². The second-order valence-corrected chi connectivity index (χ2v) is 5.18. The molecule has 0 aromatic rings. The Balaban J connectivity index is 2.39. The normalized spacial score (nSPS) is 20.8. The van der Waals surface area contributed by atoms with Gasteiger partial charge < -0.3 is 16.0 Å². The quantitative estimate of drug-likeness (QED) is 0.650. The summed E-state index contributed by atoms with van der Waals surface area (Å²) < 4.78 is 0. The summed E-state index contributed by atoms with van der Waals surface area (Å²) in [7, 11) is 1.61. The van der Waals surface area contributed by atoms with Gasteiger partial charge in [-0.15, -0.1) is 0 Å². The van der Waals surface area contributed by atoms with E-state index in [9.17, 15) is 9.59 Å². The van der Waals surface area contributed by atoms with E-state index in [2.05, 4.69) is 16.0 Å². The molecule has 1 rings (SSSR count). The first-order chi connectivity index (χ1) is 7.97. The van der Waals surface area contributed by atoms with Crippen molar-refractivity contribution in [3.8, 4) is 0 Å². The molecule has 5 heteroatoms. The van der Waals surface area contributed by atoms with Gasteiger partial charge in [-0.05, 0) is 33.2 Å². The van der Waals surface area contributed by atoms with Crippen LogP contribution in [0.4, 0.5) is 0 Å². The number of hydrogen-bond donors (Lipinski definition) is 3. The fraction of sp³-hybridized carbons (Fsp3) is 0.833. The van der Waals surface area contributed by atoms with Gasteiger partial charge in [0.05, 0.1) is 11.5 Å². The summed E-state index contributed by atoms with van der Waals surface area (Å²) in [5.41, 5.74) is -0.570. The van der Waals surface area contributed by atoms with E-state index in [0.717, 1.165) is 25.8 Å². The summed E-state index contributed by atoms with van der Waals surface area (Å²) >= 11 is 0. The number of amides is 2. The molecular weight excluding hydrogens is 218 g/mol. The van der Waals surface area contributed by atoms with E-state index in [0.29, 0.717) is 6.54 Å². The second kappa shape index (κ2) is 6.00. The molecule has 98 valence electrons. The molecule has 1 fully saturated rings. The summed E-state index contributed by atoms with van der Waals surface area (Å²) in [6.45, 7) is 4.90. The SMILES string of the molecule is CNC(=O)C(C)(C)CNC(=O)C1CCCCN1. The highest BCUT2D eigenvalue weighted by molar-refractivity contribution is 5.85. The third kappa shape index (κ3) is 4.00. The first-order valence-electron chi connectivity index (χ1n) is 6.20. The molecule has 2 amide bonds. The maximum atomic E-state index is 11.9. The lowest BCUT2D eigenvalue weighted by molar-refractivity contribution is -0.129. The van der Waals surface area contributed by atoms with E-state index in [1.807, 2.05) is 13.8 Å². The van der Waals surface area contributed by atoms with Crippen molar-refractivity contribution < 1.29 is 9.59 Å². The maximum Gasteiger partial charge on any atom is 0.237 e. The molecule has 1 heterocycles. The highest BCUT2D eigenvalue weighted by Crippen LogP contribution is 2.14. The van der Waals surface area contributed by atoms with Gasteiger partial charge in [-0.1, -0.05) is 6.42 Å². The van der Waals surface area contributed by atoms with Crippen LogP contribution in [0.2, 0.25) is 0 Å². The highest BCUT2D eigenvalue weighted by atomic mass is 16.2. The number of hydrogen-bond acceptors (Lipinski definition) is 3. The zero-order valence-electron chi connectivity index (χ0n) is 10.9. The average molecular weight is 241 g/mol. The molecule has 0 aromatic carbocycles. The second-order valence-electron chi connectivity index (χ2n) is 5.18. The van der Waals surface area contributed by atoms with Gasteiger partial charge in [0, 0.05) is 13.6 Å². The van der Waals surface area contributed by atoms with Gasteiger partial charge in [0.15, 0.2) is 0 Å². The predicted molar refractivity (Wildman–Crippen MR) is 66.5 cm³/mol. The van der Waals surface area contributed by atoms with E-state index < -0.39 is 5.41 Å². The molecule has 0 aliphatic carbocycles. The largest absolute Gasteiger partial charge is 0.359 e. The van der Waals surface area contributed by atoms with Crippen LogP contribution in [0.25, 0.3) is 0 Å². The van der Waals surface area contributed by atoms with Crippen LogP contribution < -0.4 is 16.0 Å². The molecule has 0 saturated carbocycles. The molecule has 0 bridgehead atoms. The van der Waals surface area contributed by atoms with Gasteiger partial charge in [0.1, 0.15) is 0 Å². The number of piperidine rings is 1. The Morgan fingerprint density at radius 1 is 1.35 bits per heavy atom. The van der Waals surface area contributed by atoms with Crippen molar-refractivity contribution >= 4 is 11.8 Å². The van der Waals surface area contributed by atoms with Crippen LogP contribution in [0.3, 0.4) is 0 Å². The van der Waals surface area contributed by atoms with E-state index in [1.165, 1.54) is 0 Å². The fourth-order valence-corrected chi connectivity index (χ4v) is 1.93. The molecular formula is C12H23N3O2. The Hall–Kier alpha value is -1.10. The lowest BCUT2D eigenvalue weighted by atomic mass is 9.92. The topological polar surface area (TPSA) is 70.2 Å². The molecule has 3 N–H and O–H groups in total. The van der Waals surface area contributed by atoms with Gasteiger partial charge in [0.2, 0.25) is 11.8 Å². The first kappa shape index (κ1) is 14.0. The molecule has 0 radical (unpaired) electrons. The Kier molecular flexibility index (Phi) is 4.93. The summed E-state index contributed by atoms with van der Waals surface area (Å²) in [5, 5.41) is 8.63. The van der Waals surface area contributed by atoms with Gasteiger partial charge in [-0.3, -0.25) is 9.59 Å². The third-order valence-electron chi connectivity index (χ3n) is 3.17. The van der Waals surface area contributed by atoms with Crippen molar-refractivity contribution in [2.24, 2.45) is 5.41 Å². The minimum Gasteiger partial charge on any atom is -0.359 e. The average Bonchev–Trinajstić information content (AvgIpc) is 2.36. The molecule has 0 spiro atoms. The maximum absolute atomic E-state index is 11.9. The lowest BCUT2D eigenvalue weighted by Gasteiger charge is -2.26.